The van der Waals surface area contributed by atoms with Gasteiger partial charge < -0.3 is 0 Å². The van der Waals surface area contributed by atoms with Gasteiger partial charge in [-0.05, 0) is 41.1 Å². The third kappa shape index (κ3) is 2.54. The molecule has 0 radical (unpaired) electrons. The minimum Gasteiger partial charge on any atom is -0.188 e. The van der Waals surface area contributed by atoms with Crippen LogP contribution < -0.4 is 0 Å². The monoisotopic (exact) mass is 254 g/mol. The van der Waals surface area contributed by atoms with Crippen molar-refractivity contribution in [2.45, 2.75) is 18.5 Å². The largest absolute Gasteiger partial charge is 0.214 e. The molecule has 2 aromatic rings. The summed E-state index contributed by atoms with van der Waals surface area (Å²) in [6.45, 7) is 2.13. The molecule has 1 aromatic carbocycles. The first-order valence-electron chi connectivity index (χ1n) is 4.98. The molecule has 0 unspecified atom stereocenters. The summed E-state index contributed by atoms with van der Waals surface area (Å²) >= 11 is 7.48. The lowest BCUT2D eigenvalue weighted by atomic mass is 10.3. The van der Waals surface area contributed by atoms with Crippen molar-refractivity contribution in [1.29, 1.82) is 0 Å². The second kappa shape index (κ2) is 5.32. The number of halogens is 1. The van der Waals surface area contributed by atoms with E-state index < -0.39 is 0 Å². The number of hydrogen-bond donors (Lipinski definition) is 0. The Morgan fingerprint density at radius 1 is 1.31 bits per heavy atom. The normalized spacial score (nSPS) is 10.6. The number of nitrogens with zero attached hydrogens (tertiary/aromatic N) is 4. The highest BCUT2D eigenvalue weighted by Gasteiger charge is 2.07. The average Bonchev–Trinajstić information content (AvgIpc) is 2.75. The topological polar surface area (TPSA) is 43.6 Å². The highest BCUT2D eigenvalue weighted by Crippen LogP contribution is 2.19. The molecule has 4 nitrogen and oxygen atoms in total. The second-order valence-corrected chi connectivity index (χ2v) is 4.70. The van der Waals surface area contributed by atoms with E-state index in [0.717, 1.165) is 23.0 Å². The summed E-state index contributed by atoms with van der Waals surface area (Å²) in [5.41, 5.74) is 0.924. The second-order valence-electron chi connectivity index (χ2n) is 3.20. The van der Waals surface area contributed by atoms with Gasteiger partial charge in [-0.1, -0.05) is 30.3 Å². The molecule has 0 spiro atoms. The number of rotatable bonds is 4. The zero-order valence-electron chi connectivity index (χ0n) is 8.80. The number of thioether (sulfide) groups is 1. The summed E-state index contributed by atoms with van der Waals surface area (Å²) in [6, 6.07) is 7.45. The summed E-state index contributed by atoms with van der Waals surface area (Å²) in [5, 5.41) is 13.1. The molecule has 6 heteroatoms. The van der Waals surface area contributed by atoms with Crippen LogP contribution >= 0.6 is 23.4 Å². The number of benzene rings is 1. The van der Waals surface area contributed by atoms with E-state index in [1.165, 1.54) is 0 Å². The smallest absolute Gasteiger partial charge is 0.188 e. The molecule has 0 bridgehead atoms. The maximum atomic E-state index is 5.83. The lowest BCUT2D eigenvalue weighted by molar-refractivity contribution is 0.756. The van der Waals surface area contributed by atoms with E-state index in [4.69, 9.17) is 11.6 Å². The molecular weight excluding hydrogens is 244 g/mol. The average molecular weight is 255 g/mol. The summed E-state index contributed by atoms with van der Waals surface area (Å²) in [7, 11) is 0. The van der Waals surface area contributed by atoms with Gasteiger partial charge in [-0.15, -0.1) is 5.10 Å². The molecule has 0 aliphatic heterocycles. The lowest BCUT2D eigenvalue weighted by Crippen LogP contribution is -1.98. The van der Waals surface area contributed by atoms with Gasteiger partial charge in [0, 0.05) is 10.8 Å². The van der Waals surface area contributed by atoms with Crippen LogP contribution in [0.1, 0.15) is 13.3 Å². The van der Waals surface area contributed by atoms with E-state index in [-0.39, 0.29) is 0 Å². The molecule has 1 heterocycles. The maximum absolute atomic E-state index is 5.83. The number of hydrogen-bond acceptors (Lipinski definition) is 4. The SMILES string of the molecule is CCCSc1nnnn1-c1ccc(Cl)cc1. The van der Waals surface area contributed by atoms with Gasteiger partial charge in [-0.25, -0.2) is 0 Å². The molecule has 16 heavy (non-hydrogen) atoms. The Kier molecular flexibility index (Phi) is 3.79. The fraction of sp³-hybridized carbons (Fsp3) is 0.300. The van der Waals surface area contributed by atoms with Crippen LogP contribution in [-0.2, 0) is 0 Å². The standard InChI is InChI=1S/C10H11ClN4S/c1-2-7-16-10-12-13-14-15(10)9-5-3-8(11)4-6-9/h3-6H,2,7H2,1H3. The molecule has 2 rings (SSSR count). The Labute approximate surface area is 103 Å². The van der Waals surface area contributed by atoms with Gasteiger partial charge in [-0.3, -0.25) is 0 Å². The van der Waals surface area contributed by atoms with E-state index >= 15 is 0 Å². The van der Waals surface area contributed by atoms with E-state index in [2.05, 4.69) is 22.4 Å². The molecule has 84 valence electrons. The molecule has 0 fully saturated rings. The molecule has 0 saturated heterocycles. The van der Waals surface area contributed by atoms with Gasteiger partial charge in [0.15, 0.2) is 0 Å². The zero-order valence-corrected chi connectivity index (χ0v) is 10.4. The summed E-state index contributed by atoms with van der Waals surface area (Å²) in [5.74, 6) is 1.01. The van der Waals surface area contributed by atoms with Crippen LogP contribution in [-0.4, -0.2) is 26.0 Å². The maximum Gasteiger partial charge on any atom is 0.214 e. The first kappa shape index (κ1) is 11.4. The Hall–Kier alpha value is -1.07. The Morgan fingerprint density at radius 3 is 2.75 bits per heavy atom. The third-order valence-electron chi connectivity index (χ3n) is 1.95. The minimum atomic E-state index is 0.708. The van der Waals surface area contributed by atoms with E-state index in [0.29, 0.717) is 5.02 Å². The van der Waals surface area contributed by atoms with E-state index in [9.17, 15) is 0 Å². The molecular formula is C10H11ClN4S. The van der Waals surface area contributed by atoms with Crippen LogP contribution in [0.15, 0.2) is 29.4 Å². The van der Waals surface area contributed by atoms with Crippen LogP contribution in [0.3, 0.4) is 0 Å². The van der Waals surface area contributed by atoms with Crippen molar-refractivity contribution in [1.82, 2.24) is 20.2 Å². The Balaban J connectivity index is 2.26. The van der Waals surface area contributed by atoms with Crippen LogP contribution in [0.25, 0.3) is 5.69 Å². The van der Waals surface area contributed by atoms with Crippen molar-refractivity contribution >= 4 is 23.4 Å². The molecule has 1 aromatic heterocycles. The number of tetrazole rings is 1. The third-order valence-corrected chi connectivity index (χ3v) is 3.32. The Bertz CT molecular complexity index is 454. The van der Waals surface area contributed by atoms with Crippen LogP contribution in [0.4, 0.5) is 0 Å². The van der Waals surface area contributed by atoms with E-state index in [1.54, 1.807) is 16.4 Å². The van der Waals surface area contributed by atoms with Crippen LogP contribution in [0.2, 0.25) is 5.02 Å². The molecule has 0 aliphatic rings. The first-order valence-corrected chi connectivity index (χ1v) is 6.34. The summed E-state index contributed by atoms with van der Waals surface area (Å²) in [6.07, 6.45) is 1.10. The zero-order chi connectivity index (χ0) is 11.4. The quantitative estimate of drug-likeness (QED) is 0.787. The molecule has 0 aliphatic carbocycles. The van der Waals surface area contributed by atoms with Crippen molar-refractivity contribution in [3.63, 3.8) is 0 Å². The van der Waals surface area contributed by atoms with Crippen molar-refractivity contribution in [2.24, 2.45) is 0 Å². The highest BCUT2D eigenvalue weighted by molar-refractivity contribution is 7.99. The van der Waals surface area contributed by atoms with Gasteiger partial charge in [0.05, 0.1) is 5.69 Å². The van der Waals surface area contributed by atoms with Crippen molar-refractivity contribution in [2.75, 3.05) is 5.75 Å². The van der Waals surface area contributed by atoms with Crippen molar-refractivity contribution < 1.29 is 0 Å². The lowest BCUT2D eigenvalue weighted by Gasteiger charge is -2.03. The molecule has 0 amide bonds. The fourth-order valence-corrected chi connectivity index (χ4v) is 2.08. The molecule has 0 atom stereocenters. The number of aromatic nitrogens is 4. The van der Waals surface area contributed by atoms with Gasteiger partial charge in [0.1, 0.15) is 0 Å². The highest BCUT2D eigenvalue weighted by atomic mass is 35.5. The fourth-order valence-electron chi connectivity index (χ4n) is 1.21. The van der Waals surface area contributed by atoms with Gasteiger partial charge in [-0.2, -0.15) is 4.68 Å². The molecule has 0 N–H and O–H groups in total. The predicted molar refractivity (Wildman–Crippen MR) is 65.2 cm³/mol. The van der Waals surface area contributed by atoms with E-state index in [1.807, 2.05) is 24.3 Å². The Morgan fingerprint density at radius 2 is 2.06 bits per heavy atom. The molecule has 0 saturated carbocycles. The minimum absolute atomic E-state index is 0.708. The predicted octanol–water partition coefficient (Wildman–Crippen LogP) is 2.82. The van der Waals surface area contributed by atoms with Gasteiger partial charge in [0.2, 0.25) is 5.16 Å². The summed E-state index contributed by atoms with van der Waals surface area (Å²) in [4.78, 5) is 0. The van der Waals surface area contributed by atoms with Gasteiger partial charge in [0.25, 0.3) is 0 Å². The van der Waals surface area contributed by atoms with Crippen LogP contribution in [0, 0.1) is 0 Å². The first-order chi connectivity index (χ1) is 7.81. The van der Waals surface area contributed by atoms with Crippen molar-refractivity contribution in [3.05, 3.63) is 29.3 Å². The summed E-state index contributed by atoms with van der Waals surface area (Å²) < 4.78 is 1.72. The van der Waals surface area contributed by atoms with Gasteiger partial charge >= 0.3 is 0 Å². The van der Waals surface area contributed by atoms with Crippen molar-refractivity contribution in [3.8, 4) is 5.69 Å². The van der Waals surface area contributed by atoms with Crippen LogP contribution in [0.5, 0.6) is 0 Å².